The van der Waals surface area contributed by atoms with Gasteiger partial charge in [-0.3, -0.25) is 0 Å². The van der Waals surface area contributed by atoms with Crippen LogP contribution in [0.3, 0.4) is 0 Å². The van der Waals surface area contributed by atoms with E-state index in [1.54, 1.807) is 17.5 Å². The minimum Gasteiger partial charge on any atom is -0.357 e. The largest absolute Gasteiger partial charge is 0.357 e. The fourth-order valence-electron chi connectivity index (χ4n) is 3.61. The van der Waals surface area contributed by atoms with Gasteiger partial charge in [-0.15, -0.1) is 0 Å². The van der Waals surface area contributed by atoms with Crippen molar-refractivity contribution in [3.05, 3.63) is 40.7 Å². The fourth-order valence-corrected chi connectivity index (χ4v) is 4.32. The SMILES string of the molecule is O=C(Nc1ccc(N2CCCC2)nc1)N1CCC[C@@H]1c1ccsc1. The standard InChI is InChI=1S/C18H22N4OS/c23-18(22-10-3-4-16(22)14-7-11-24-13-14)20-15-5-6-17(19-12-15)21-8-1-2-9-21/h5-7,11-13,16H,1-4,8-10H2,(H,20,23)/t16-/m1/s1. The average Bonchev–Trinajstić information content (AvgIpc) is 3.35. The van der Waals surface area contributed by atoms with E-state index in [0.717, 1.165) is 44.0 Å². The molecule has 1 atom stereocenters. The van der Waals surface area contributed by atoms with Gasteiger partial charge < -0.3 is 15.1 Å². The second-order valence-electron chi connectivity index (χ2n) is 6.44. The third kappa shape index (κ3) is 3.11. The maximum absolute atomic E-state index is 12.6. The highest BCUT2D eigenvalue weighted by atomic mass is 32.1. The van der Waals surface area contributed by atoms with Crippen LogP contribution in [0.15, 0.2) is 35.2 Å². The van der Waals surface area contributed by atoms with Crippen molar-refractivity contribution in [1.29, 1.82) is 0 Å². The summed E-state index contributed by atoms with van der Waals surface area (Å²) in [5.41, 5.74) is 2.01. The van der Waals surface area contributed by atoms with Gasteiger partial charge in [0.25, 0.3) is 0 Å². The number of aromatic nitrogens is 1. The van der Waals surface area contributed by atoms with Gasteiger partial charge in [-0.1, -0.05) is 0 Å². The molecule has 0 aliphatic carbocycles. The highest BCUT2D eigenvalue weighted by molar-refractivity contribution is 7.08. The van der Waals surface area contributed by atoms with Crippen LogP contribution in [0.4, 0.5) is 16.3 Å². The van der Waals surface area contributed by atoms with Crippen LogP contribution in [0.25, 0.3) is 0 Å². The Balaban J connectivity index is 1.42. The molecule has 2 saturated heterocycles. The summed E-state index contributed by atoms with van der Waals surface area (Å²) in [5.74, 6) is 1.00. The van der Waals surface area contributed by atoms with Gasteiger partial charge in [0.05, 0.1) is 17.9 Å². The van der Waals surface area contributed by atoms with Crippen LogP contribution in [0, 0.1) is 0 Å². The second kappa shape index (κ2) is 6.81. The van der Waals surface area contributed by atoms with Crippen molar-refractivity contribution in [2.24, 2.45) is 0 Å². The number of hydrogen-bond acceptors (Lipinski definition) is 4. The number of rotatable bonds is 3. The molecule has 4 rings (SSSR count). The number of amides is 2. The third-order valence-corrected chi connectivity index (χ3v) is 5.57. The number of urea groups is 1. The minimum atomic E-state index is -0.0283. The minimum absolute atomic E-state index is 0.0283. The number of carbonyl (C=O) groups excluding carboxylic acids is 1. The first-order chi connectivity index (χ1) is 11.8. The Bertz CT molecular complexity index is 680. The summed E-state index contributed by atoms with van der Waals surface area (Å²) in [5, 5.41) is 7.22. The molecule has 2 aliphatic rings. The molecule has 0 aromatic carbocycles. The van der Waals surface area contributed by atoms with Crippen LogP contribution >= 0.6 is 11.3 Å². The molecular formula is C18H22N4OS. The van der Waals surface area contributed by atoms with Crippen molar-refractivity contribution >= 4 is 28.9 Å². The lowest BCUT2D eigenvalue weighted by Crippen LogP contribution is -2.34. The number of hydrogen-bond donors (Lipinski definition) is 1. The monoisotopic (exact) mass is 342 g/mol. The molecule has 5 nitrogen and oxygen atoms in total. The summed E-state index contributed by atoms with van der Waals surface area (Å²) in [6, 6.07) is 6.25. The number of anilines is 2. The first-order valence-corrected chi connectivity index (χ1v) is 9.56. The van der Waals surface area contributed by atoms with Crippen molar-refractivity contribution in [3.8, 4) is 0 Å². The van der Waals surface area contributed by atoms with Crippen LogP contribution in [0.5, 0.6) is 0 Å². The van der Waals surface area contributed by atoms with E-state index in [1.807, 2.05) is 17.0 Å². The van der Waals surface area contributed by atoms with Gasteiger partial charge in [-0.25, -0.2) is 9.78 Å². The van der Waals surface area contributed by atoms with Crippen molar-refractivity contribution in [1.82, 2.24) is 9.88 Å². The topological polar surface area (TPSA) is 48.5 Å². The zero-order chi connectivity index (χ0) is 16.4. The maximum atomic E-state index is 12.6. The lowest BCUT2D eigenvalue weighted by Gasteiger charge is -2.24. The summed E-state index contributed by atoms with van der Waals surface area (Å²) in [6.07, 6.45) is 6.33. The van der Waals surface area contributed by atoms with Crippen LogP contribution in [-0.2, 0) is 0 Å². The lowest BCUT2D eigenvalue weighted by molar-refractivity contribution is 0.207. The number of nitrogens with zero attached hydrogens (tertiary/aromatic N) is 3. The van der Waals surface area contributed by atoms with Crippen molar-refractivity contribution in [3.63, 3.8) is 0 Å². The first-order valence-electron chi connectivity index (χ1n) is 8.62. The molecule has 1 N–H and O–H groups in total. The van der Waals surface area contributed by atoms with Crippen LogP contribution < -0.4 is 10.2 Å². The number of nitrogens with one attached hydrogen (secondary N) is 1. The third-order valence-electron chi connectivity index (χ3n) is 4.87. The number of carbonyl (C=O) groups is 1. The van der Waals surface area contributed by atoms with E-state index in [0.29, 0.717) is 0 Å². The first kappa shape index (κ1) is 15.4. The Morgan fingerprint density at radius 1 is 1.17 bits per heavy atom. The molecule has 2 aromatic heterocycles. The molecule has 2 aromatic rings. The second-order valence-corrected chi connectivity index (χ2v) is 7.22. The molecule has 0 spiro atoms. The van der Waals surface area contributed by atoms with E-state index in [1.165, 1.54) is 18.4 Å². The molecule has 2 amide bonds. The van der Waals surface area contributed by atoms with Crippen molar-refractivity contribution in [2.75, 3.05) is 29.9 Å². The summed E-state index contributed by atoms with van der Waals surface area (Å²) in [4.78, 5) is 21.4. The molecule has 0 bridgehead atoms. The fraction of sp³-hybridized carbons (Fsp3) is 0.444. The number of thiophene rings is 1. The molecule has 24 heavy (non-hydrogen) atoms. The van der Waals surface area contributed by atoms with Crippen LogP contribution in [-0.4, -0.2) is 35.5 Å². The number of pyridine rings is 1. The molecule has 0 radical (unpaired) electrons. The summed E-state index contributed by atoms with van der Waals surface area (Å²) in [6.45, 7) is 2.97. The van der Waals surface area contributed by atoms with Gasteiger partial charge in [0.15, 0.2) is 0 Å². The lowest BCUT2D eigenvalue weighted by atomic mass is 10.1. The van der Waals surface area contributed by atoms with Gasteiger partial charge in [-0.2, -0.15) is 11.3 Å². The summed E-state index contributed by atoms with van der Waals surface area (Å²) < 4.78 is 0. The highest BCUT2D eigenvalue weighted by Crippen LogP contribution is 2.33. The predicted molar refractivity (Wildman–Crippen MR) is 97.7 cm³/mol. The molecule has 4 heterocycles. The zero-order valence-corrected chi connectivity index (χ0v) is 14.5. The van der Waals surface area contributed by atoms with Crippen LogP contribution in [0.2, 0.25) is 0 Å². The van der Waals surface area contributed by atoms with E-state index < -0.39 is 0 Å². The average molecular weight is 342 g/mol. The molecule has 126 valence electrons. The van der Waals surface area contributed by atoms with E-state index >= 15 is 0 Å². The van der Waals surface area contributed by atoms with Gasteiger partial charge in [0, 0.05) is 19.6 Å². The summed E-state index contributed by atoms with van der Waals surface area (Å²) >= 11 is 1.68. The molecule has 0 unspecified atom stereocenters. The number of likely N-dealkylation sites (tertiary alicyclic amines) is 1. The molecule has 2 fully saturated rings. The van der Waals surface area contributed by atoms with Gasteiger partial charge in [0.2, 0.25) is 0 Å². The van der Waals surface area contributed by atoms with E-state index in [2.05, 4.69) is 32.0 Å². The molecule has 6 heteroatoms. The quantitative estimate of drug-likeness (QED) is 0.913. The highest BCUT2D eigenvalue weighted by Gasteiger charge is 2.30. The molecule has 2 aliphatic heterocycles. The Morgan fingerprint density at radius 3 is 2.75 bits per heavy atom. The van der Waals surface area contributed by atoms with E-state index in [-0.39, 0.29) is 12.1 Å². The summed E-state index contributed by atoms with van der Waals surface area (Å²) in [7, 11) is 0. The Morgan fingerprint density at radius 2 is 2.04 bits per heavy atom. The van der Waals surface area contributed by atoms with Gasteiger partial charge >= 0.3 is 6.03 Å². The Hall–Kier alpha value is -2.08. The van der Waals surface area contributed by atoms with Crippen molar-refractivity contribution < 1.29 is 4.79 Å². The maximum Gasteiger partial charge on any atom is 0.322 e. The normalized spacial score (nSPS) is 20.6. The van der Waals surface area contributed by atoms with Gasteiger partial charge in [0.1, 0.15) is 5.82 Å². The van der Waals surface area contributed by atoms with E-state index in [9.17, 15) is 4.79 Å². The van der Waals surface area contributed by atoms with Crippen LogP contribution in [0.1, 0.15) is 37.3 Å². The van der Waals surface area contributed by atoms with Crippen molar-refractivity contribution in [2.45, 2.75) is 31.7 Å². The molecular weight excluding hydrogens is 320 g/mol. The predicted octanol–water partition coefficient (Wildman–Crippen LogP) is 4.11. The Labute approximate surface area is 146 Å². The molecule has 0 saturated carbocycles. The smallest absolute Gasteiger partial charge is 0.322 e. The zero-order valence-electron chi connectivity index (χ0n) is 13.6. The van der Waals surface area contributed by atoms with Gasteiger partial charge in [-0.05, 0) is 60.2 Å². The Kier molecular flexibility index (Phi) is 4.38. The van der Waals surface area contributed by atoms with E-state index in [4.69, 9.17) is 0 Å².